The average Bonchev–Trinajstić information content (AvgIpc) is 3.09. The molecule has 0 saturated heterocycles. The van der Waals surface area contributed by atoms with E-state index in [9.17, 15) is 26.7 Å². The molecule has 188 valence electrons. The fourth-order valence-electron chi connectivity index (χ4n) is 4.16. The second-order valence-corrected chi connectivity index (χ2v) is 8.63. The molecule has 8 nitrogen and oxygen atoms in total. The Balaban J connectivity index is 1.76. The summed E-state index contributed by atoms with van der Waals surface area (Å²) in [6.45, 7) is 1.92. The van der Waals surface area contributed by atoms with Crippen molar-refractivity contribution < 1.29 is 26.7 Å². The molecule has 2 heterocycles. The van der Waals surface area contributed by atoms with E-state index in [1.165, 1.54) is 6.20 Å². The summed E-state index contributed by atoms with van der Waals surface area (Å²) in [5.41, 5.74) is 5.24. The van der Waals surface area contributed by atoms with Crippen molar-refractivity contribution in [1.29, 1.82) is 0 Å². The van der Waals surface area contributed by atoms with E-state index in [0.29, 0.717) is 31.4 Å². The highest BCUT2D eigenvalue weighted by molar-refractivity contribution is 5.77. The number of aromatic nitrogens is 4. The van der Waals surface area contributed by atoms with E-state index in [2.05, 4.69) is 25.6 Å². The van der Waals surface area contributed by atoms with Crippen LogP contribution in [0.3, 0.4) is 0 Å². The highest BCUT2D eigenvalue weighted by Crippen LogP contribution is 2.39. The number of nitrogens with two attached hydrogens (primary N) is 1. The Labute approximate surface area is 197 Å². The van der Waals surface area contributed by atoms with Crippen LogP contribution in [0.25, 0.3) is 11.2 Å². The van der Waals surface area contributed by atoms with E-state index < -0.39 is 47.1 Å². The number of primary amides is 1. The number of carbonyl (C=O) groups excluding carboxylic acids is 1. The second-order valence-electron chi connectivity index (χ2n) is 8.63. The van der Waals surface area contributed by atoms with Gasteiger partial charge in [-0.3, -0.25) is 9.36 Å². The molecular weight excluding hydrogens is 473 g/mol. The van der Waals surface area contributed by atoms with Crippen molar-refractivity contribution >= 4 is 34.7 Å². The Bertz CT molecular complexity index is 1220. The lowest BCUT2D eigenvalue weighted by molar-refractivity contribution is -0.118. The van der Waals surface area contributed by atoms with Crippen molar-refractivity contribution in [3.63, 3.8) is 0 Å². The molecular formula is C22H24F5N7O. The molecule has 1 amide bonds. The minimum absolute atomic E-state index is 0.00560. The number of anilines is 3. The predicted molar refractivity (Wildman–Crippen MR) is 119 cm³/mol. The second kappa shape index (κ2) is 9.62. The van der Waals surface area contributed by atoms with Crippen LogP contribution in [-0.2, 0) is 4.79 Å². The third-order valence-electron chi connectivity index (χ3n) is 5.81. The number of rotatable bonds is 10. The van der Waals surface area contributed by atoms with E-state index >= 15 is 0 Å². The number of carbonyl (C=O) groups is 1. The van der Waals surface area contributed by atoms with E-state index in [4.69, 9.17) is 5.73 Å². The number of alkyl halides is 2. The average molecular weight is 497 g/mol. The molecule has 1 fully saturated rings. The first-order chi connectivity index (χ1) is 16.6. The van der Waals surface area contributed by atoms with Gasteiger partial charge in [0.1, 0.15) is 17.0 Å². The third-order valence-corrected chi connectivity index (χ3v) is 5.81. The summed E-state index contributed by atoms with van der Waals surface area (Å²) in [6, 6.07) is 0.165. The Morgan fingerprint density at radius 2 is 1.89 bits per heavy atom. The van der Waals surface area contributed by atoms with Gasteiger partial charge in [-0.15, -0.1) is 0 Å². The van der Waals surface area contributed by atoms with Gasteiger partial charge in [-0.1, -0.05) is 13.3 Å². The normalized spacial score (nSPS) is 16.2. The maximum absolute atomic E-state index is 14.4. The number of benzene rings is 1. The highest BCUT2D eigenvalue weighted by Gasteiger charge is 2.45. The van der Waals surface area contributed by atoms with Crippen LogP contribution in [0.5, 0.6) is 0 Å². The molecule has 0 bridgehead atoms. The van der Waals surface area contributed by atoms with E-state index in [1.54, 1.807) is 4.57 Å². The zero-order chi connectivity index (χ0) is 25.3. The van der Waals surface area contributed by atoms with Gasteiger partial charge in [0.05, 0.1) is 6.20 Å². The molecule has 13 heteroatoms. The van der Waals surface area contributed by atoms with Gasteiger partial charge in [-0.05, 0) is 12.8 Å². The smallest absolute Gasteiger partial charge is 0.252 e. The number of halogens is 5. The topological polar surface area (TPSA) is 111 Å². The van der Waals surface area contributed by atoms with Gasteiger partial charge in [-0.2, -0.15) is 4.98 Å². The standard InChI is InChI=1S/C22H24F5N7O/c1-2-3-13(4-5-17(28)35)34-19-16(10-29-20(33-19)30-12-8-22(26,27)9-12)31-21(34)32-18-14(24)6-11(23)7-15(18)25/h6-7,10,12-13H,2-5,8-9H2,1H3,(H2,28,35)(H,31,32)(H,29,30,33)/t13-/m0/s1. The molecule has 0 spiro atoms. The quantitative estimate of drug-likeness (QED) is 0.347. The maximum Gasteiger partial charge on any atom is 0.252 e. The van der Waals surface area contributed by atoms with Crippen LogP contribution >= 0.6 is 0 Å². The van der Waals surface area contributed by atoms with Crippen LogP contribution in [0.4, 0.5) is 39.5 Å². The largest absolute Gasteiger partial charge is 0.370 e. The summed E-state index contributed by atoms with van der Waals surface area (Å²) >= 11 is 0. The van der Waals surface area contributed by atoms with Crippen LogP contribution in [0.1, 0.15) is 51.5 Å². The lowest BCUT2D eigenvalue weighted by Gasteiger charge is -2.35. The van der Waals surface area contributed by atoms with Crippen LogP contribution in [0.15, 0.2) is 18.3 Å². The Morgan fingerprint density at radius 1 is 1.20 bits per heavy atom. The third kappa shape index (κ3) is 5.43. The monoisotopic (exact) mass is 497 g/mol. The number of imidazole rings is 1. The summed E-state index contributed by atoms with van der Waals surface area (Å²) in [7, 11) is 0. The molecule has 1 aromatic carbocycles. The summed E-state index contributed by atoms with van der Waals surface area (Å²) in [5, 5.41) is 5.44. The zero-order valence-electron chi connectivity index (χ0n) is 18.8. The first kappa shape index (κ1) is 24.6. The van der Waals surface area contributed by atoms with E-state index in [1.807, 2.05) is 6.92 Å². The lowest BCUT2D eigenvalue weighted by Crippen LogP contribution is -2.44. The Kier molecular flexibility index (Phi) is 6.77. The Morgan fingerprint density at radius 3 is 2.49 bits per heavy atom. The van der Waals surface area contributed by atoms with Gasteiger partial charge < -0.3 is 16.4 Å². The summed E-state index contributed by atoms with van der Waals surface area (Å²) in [5.74, 6) is -6.57. The molecule has 0 aliphatic heterocycles. The molecule has 35 heavy (non-hydrogen) atoms. The first-order valence-electron chi connectivity index (χ1n) is 11.2. The maximum atomic E-state index is 14.4. The van der Waals surface area contributed by atoms with E-state index in [0.717, 1.165) is 0 Å². The number of amides is 1. The fourth-order valence-corrected chi connectivity index (χ4v) is 4.16. The van der Waals surface area contributed by atoms with Crippen molar-refractivity contribution in [2.24, 2.45) is 5.73 Å². The predicted octanol–water partition coefficient (Wildman–Crippen LogP) is 4.80. The fraction of sp³-hybridized carbons (Fsp3) is 0.455. The van der Waals surface area contributed by atoms with Crippen molar-refractivity contribution in [2.75, 3.05) is 10.6 Å². The number of nitrogens with one attached hydrogen (secondary N) is 2. The first-order valence-corrected chi connectivity index (χ1v) is 11.2. The molecule has 4 N–H and O–H groups in total. The molecule has 1 atom stereocenters. The van der Waals surface area contributed by atoms with E-state index in [-0.39, 0.29) is 42.3 Å². The van der Waals surface area contributed by atoms with Crippen molar-refractivity contribution in [1.82, 2.24) is 19.5 Å². The zero-order valence-corrected chi connectivity index (χ0v) is 18.8. The van der Waals surface area contributed by atoms with Gasteiger partial charge in [0, 0.05) is 43.5 Å². The van der Waals surface area contributed by atoms with Gasteiger partial charge in [0.2, 0.25) is 17.8 Å². The summed E-state index contributed by atoms with van der Waals surface area (Å²) < 4.78 is 70.1. The molecule has 3 aromatic rings. The molecule has 1 aliphatic carbocycles. The molecule has 1 aliphatic rings. The van der Waals surface area contributed by atoms with Gasteiger partial charge >= 0.3 is 0 Å². The Hall–Kier alpha value is -3.51. The van der Waals surface area contributed by atoms with Gasteiger partial charge in [-0.25, -0.2) is 31.9 Å². The minimum atomic E-state index is -2.73. The van der Waals surface area contributed by atoms with Gasteiger partial charge in [0.25, 0.3) is 5.92 Å². The number of hydrogen-bond acceptors (Lipinski definition) is 6. The van der Waals surface area contributed by atoms with Crippen LogP contribution < -0.4 is 16.4 Å². The number of nitrogens with zero attached hydrogens (tertiary/aromatic N) is 4. The molecule has 2 aromatic heterocycles. The summed E-state index contributed by atoms with van der Waals surface area (Å²) in [6.07, 6.45) is 2.23. The number of hydrogen-bond donors (Lipinski definition) is 3. The van der Waals surface area contributed by atoms with Crippen LogP contribution in [-0.4, -0.2) is 37.4 Å². The van der Waals surface area contributed by atoms with Crippen molar-refractivity contribution in [2.45, 2.75) is 63.5 Å². The molecule has 4 rings (SSSR count). The summed E-state index contributed by atoms with van der Waals surface area (Å²) in [4.78, 5) is 24.4. The SMILES string of the molecule is CCC[C@@H](CCC(N)=O)n1c(Nc2c(F)cc(F)cc2F)nc2cnc(NC3CC(F)(F)C3)nc21. The highest BCUT2D eigenvalue weighted by atomic mass is 19.3. The lowest BCUT2D eigenvalue weighted by atomic mass is 9.88. The molecule has 0 unspecified atom stereocenters. The minimum Gasteiger partial charge on any atom is -0.370 e. The number of fused-ring (bicyclic) bond motifs is 1. The van der Waals surface area contributed by atoms with Crippen molar-refractivity contribution in [3.8, 4) is 0 Å². The van der Waals surface area contributed by atoms with Crippen molar-refractivity contribution in [3.05, 3.63) is 35.8 Å². The van der Waals surface area contributed by atoms with Crippen LogP contribution in [0.2, 0.25) is 0 Å². The van der Waals surface area contributed by atoms with Gasteiger partial charge in [0.15, 0.2) is 17.3 Å². The molecule has 0 radical (unpaired) electrons. The van der Waals surface area contributed by atoms with Crippen LogP contribution in [0, 0.1) is 17.5 Å². The molecule has 1 saturated carbocycles.